The molecule has 1 N–H and O–H groups in total. The van der Waals surface area contributed by atoms with Gasteiger partial charge in [-0.2, -0.15) is 9.61 Å². The maximum Gasteiger partial charge on any atom is 0.165 e. The van der Waals surface area contributed by atoms with Gasteiger partial charge in [-0.15, -0.1) is 0 Å². The number of rotatable bonds is 4. The molecule has 0 fully saturated rings. The second kappa shape index (κ2) is 7.41. The van der Waals surface area contributed by atoms with Crippen molar-refractivity contribution in [2.24, 2.45) is 0 Å². The summed E-state index contributed by atoms with van der Waals surface area (Å²) < 4.78 is 1.84. The van der Waals surface area contributed by atoms with Gasteiger partial charge in [-0.1, -0.05) is 72.3 Å². The van der Waals surface area contributed by atoms with Crippen molar-refractivity contribution in [3.63, 3.8) is 0 Å². The molecule has 0 bridgehead atoms. The first-order valence-electron chi connectivity index (χ1n) is 9.30. The molecule has 0 saturated heterocycles. The van der Waals surface area contributed by atoms with Crippen LogP contribution in [0.3, 0.4) is 0 Å². The zero-order valence-electron chi connectivity index (χ0n) is 15.5. The van der Waals surface area contributed by atoms with E-state index in [1.165, 1.54) is 0 Å². The molecule has 29 heavy (non-hydrogen) atoms. The second-order valence-electron chi connectivity index (χ2n) is 6.68. The van der Waals surface area contributed by atoms with Crippen LogP contribution in [0.1, 0.15) is 0 Å². The lowest BCUT2D eigenvalue weighted by molar-refractivity contribution is 0.949. The number of benzene rings is 3. The summed E-state index contributed by atoms with van der Waals surface area (Å²) in [5.74, 6) is 0.832. The summed E-state index contributed by atoms with van der Waals surface area (Å²) in [7, 11) is 0. The number of hydrogen-bond donors (Lipinski definition) is 1. The number of hydrogen-bond acceptors (Lipinski definition) is 3. The summed E-state index contributed by atoms with van der Waals surface area (Å²) >= 11 is 6.03. The quantitative estimate of drug-likeness (QED) is 0.379. The highest BCUT2D eigenvalue weighted by Gasteiger charge is 2.14. The van der Waals surface area contributed by atoms with E-state index < -0.39 is 0 Å². The maximum atomic E-state index is 6.03. The van der Waals surface area contributed by atoms with E-state index in [0.29, 0.717) is 5.02 Å². The number of anilines is 2. The zero-order valence-corrected chi connectivity index (χ0v) is 16.2. The Morgan fingerprint density at radius 2 is 1.41 bits per heavy atom. The lowest BCUT2D eigenvalue weighted by Gasteiger charge is -2.11. The zero-order chi connectivity index (χ0) is 19.6. The first-order chi connectivity index (χ1) is 14.3. The summed E-state index contributed by atoms with van der Waals surface area (Å²) in [6, 6.07) is 30.0. The first kappa shape index (κ1) is 17.5. The van der Waals surface area contributed by atoms with Crippen LogP contribution >= 0.6 is 11.6 Å². The molecule has 0 spiro atoms. The van der Waals surface area contributed by atoms with E-state index in [1.807, 2.05) is 77.4 Å². The fourth-order valence-electron chi connectivity index (χ4n) is 3.31. The van der Waals surface area contributed by atoms with Gasteiger partial charge in [0, 0.05) is 27.9 Å². The van der Waals surface area contributed by atoms with Crippen LogP contribution in [0.15, 0.2) is 97.2 Å². The lowest BCUT2D eigenvalue weighted by Crippen LogP contribution is -2.02. The van der Waals surface area contributed by atoms with E-state index in [1.54, 1.807) is 0 Å². The van der Waals surface area contributed by atoms with Crippen LogP contribution in [-0.4, -0.2) is 14.6 Å². The summed E-state index contributed by atoms with van der Waals surface area (Å²) in [6.45, 7) is 0. The Hall–Kier alpha value is -3.63. The molecular formula is C24H17ClN4. The molecule has 0 unspecified atom stereocenters. The van der Waals surface area contributed by atoms with Crippen LogP contribution < -0.4 is 5.32 Å². The topological polar surface area (TPSA) is 42.2 Å². The van der Waals surface area contributed by atoms with Crippen LogP contribution in [0.2, 0.25) is 5.02 Å². The van der Waals surface area contributed by atoms with Gasteiger partial charge >= 0.3 is 0 Å². The SMILES string of the molecule is Clc1ccc(Nc2cc(-c3ccccc3)nc3c(-c4ccccc4)cnn23)cc1. The Kier molecular flexibility index (Phi) is 4.47. The average molecular weight is 397 g/mol. The Labute approximate surface area is 173 Å². The normalized spacial score (nSPS) is 10.9. The molecule has 0 aliphatic rings. The van der Waals surface area contributed by atoms with Gasteiger partial charge in [-0.25, -0.2) is 4.98 Å². The Morgan fingerprint density at radius 3 is 2.10 bits per heavy atom. The minimum absolute atomic E-state index is 0.700. The van der Waals surface area contributed by atoms with E-state index in [0.717, 1.165) is 39.5 Å². The van der Waals surface area contributed by atoms with Crippen molar-refractivity contribution >= 4 is 28.8 Å². The third-order valence-corrected chi connectivity index (χ3v) is 4.99. The first-order valence-corrected chi connectivity index (χ1v) is 9.68. The standard InChI is InChI=1S/C24H17ClN4/c25-19-11-13-20(14-12-19)27-23-15-22(18-9-5-2-6-10-18)28-24-21(16-26-29(23)24)17-7-3-1-4-8-17/h1-16,27H. The molecular weight excluding hydrogens is 380 g/mol. The molecule has 5 rings (SSSR count). The Morgan fingerprint density at radius 1 is 0.759 bits per heavy atom. The molecule has 5 heteroatoms. The average Bonchev–Trinajstić information content (AvgIpc) is 3.21. The number of fused-ring (bicyclic) bond motifs is 1. The molecule has 0 aliphatic carbocycles. The van der Waals surface area contributed by atoms with E-state index in [-0.39, 0.29) is 0 Å². The predicted octanol–water partition coefficient (Wildman–Crippen LogP) is 6.46. The van der Waals surface area contributed by atoms with Gasteiger partial charge in [0.1, 0.15) is 5.82 Å². The molecule has 0 amide bonds. The fraction of sp³-hybridized carbons (Fsp3) is 0. The molecule has 4 nitrogen and oxygen atoms in total. The summed E-state index contributed by atoms with van der Waals surface area (Å²) in [5, 5.41) is 8.76. The van der Waals surface area contributed by atoms with Crippen molar-refractivity contribution in [3.8, 4) is 22.4 Å². The van der Waals surface area contributed by atoms with Gasteiger partial charge in [-0.05, 0) is 29.8 Å². The van der Waals surface area contributed by atoms with Gasteiger partial charge in [0.25, 0.3) is 0 Å². The van der Waals surface area contributed by atoms with Crippen LogP contribution in [-0.2, 0) is 0 Å². The monoisotopic (exact) mass is 396 g/mol. The highest BCUT2D eigenvalue weighted by Crippen LogP contribution is 2.30. The highest BCUT2D eigenvalue weighted by atomic mass is 35.5. The van der Waals surface area contributed by atoms with Gasteiger partial charge in [-0.3, -0.25) is 0 Å². The van der Waals surface area contributed by atoms with Crippen LogP contribution in [0.5, 0.6) is 0 Å². The number of aromatic nitrogens is 3. The molecule has 2 heterocycles. The Bertz CT molecular complexity index is 1260. The molecule has 0 aliphatic heterocycles. The molecule has 2 aromatic heterocycles. The van der Waals surface area contributed by atoms with E-state index >= 15 is 0 Å². The van der Waals surface area contributed by atoms with Crippen molar-refractivity contribution in [1.29, 1.82) is 0 Å². The van der Waals surface area contributed by atoms with Crippen molar-refractivity contribution < 1.29 is 0 Å². The largest absolute Gasteiger partial charge is 0.340 e. The summed E-state index contributed by atoms with van der Waals surface area (Å²) in [4.78, 5) is 4.94. The molecule has 0 atom stereocenters. The highest BCUT2D eigenvalue weighted by molar-refractivity contribution is 6.30. The molecule has 3 aromatic carbocycles. The number of nitrogens with zero attached hydrogens (tertiary/aromatic N) is 3. The fourth-order valence-corrected chi connectivity index (χ4v) is 3.44. The predicted molar refractivity (Wildman–Crippen MR) is 119 cm³/mol. The molecule has 0 saturated carbocycles. The maximum absolute atomic E-state index is 6.03. The third kappa shape index (κ3) is 3.46. The minimum atomic E-state index is 0.700. The summed E-state index contributed by atoms with van der Waals surface area (Å²) in [5.41, 5.74) is 5.73. The second-order valence-corrected chi connectivity index (χ2v) is 7.12. The third-order valence-electron chi connectivity index (χ3n) is 4.74. The molecule has 140 valence electrons. The van der Waals surface area contributed by atoms with Crippen LogP contribution in [0.4, 0.5) is 11.5 Å². The smallest absolute Gasteiger partial charge is 0.165 e. The number of halogens is 1. The van der Waals surface area contributed by atoms with Gasteiger partial charge in [0.2, 0.25) is 0 Å². The number of nitrogens with one attached hydrogen (secondary N) is 1. The van der Waals surface area contributed by atoms with Crippen molar-refractivity contribution in [2.45, 2.75) is 0 Å². The van der Waals surface area contributed by atoms with Crippen LogP contribution in [0, 0.1) is 0 Å². The van der Waals surface area contributed by atoms with E-state index in [4.69, 9.17) is 16.6 Å². The van der Waals surface area contributed by atoms with E-state index in [2.05, 4.69) is 34.7 Å². The van der Waals surface area contributed by atoms with Crippen LogP contribution in [0.25, 0.3) is 28.0 Å². The van der Waals surface area contributed by atoms with Crippen molar-refractivity contribution in [1.82, 2.24) is 14.6 Å². The lowest BCUT2D eigenvalue weighted by atomic mass is 10.1. The molecule has 5 aromatic rings. The Balaban J connectivity index is 1.70. The van der Waals surface area contributed by atoms with E-state index in [9.17, 15) is 0 Å². The van der Waals surface area contributed by atoms with Gasteiger partial charge in [0.05, 0.1) is 11.9 Å². The molecule has 0 radical (unpaired) electrons. The minimum Gasteiger partial charge on any atom is -0.340 e. The van der Waals surface area contributed by atoms with Gasteiger partial charge < -0.3 is 5.32 Å². The summed E-state index contributed by atoms with van der Waals surface area (Å²) in [6.07, 6.45) is 1.86. The van der Waals surface area contributed by atoms with Crippen molar-refractivity contribution in [3.05, 3.63) is 102 Å². The van der Waals surface area contributed by atoms with Gasteiger partial charge in [0.15, 0.2) is 5.65 Å². The van der Waals surface area contributed by atoms with Crippen molar-refractivity contribution in [2.75, 3.05) is 5.32 Å².